The van der Waals surface area contributed by atoms with Gasteiger partial charge in [0.05, 0.1) is 0 Å². The summed E-state index contributed by atoms with van der Waals surface area (Å²) in [5.41, 5.74) is 0.753. The van der Waals surface area contributed by atoms with Crippen LogP contribution in [0.25, 0.3) is 0 Å². The quantitative estimate of drug-likeness (QED) is 0.849. The summed E-state index contributed by atoms with van der Waals surface area (Å²) >= 11 is 0. The molecule has 0 aromatic carbocycles. The van der Waals surface area contributed by atoms with Gasteiger partial charge in [-0.2, -0.15) is 0 Å². The van der Waals surface area contributed by atoms with Crippen LogP contribution in [-0.2, 0) is 6.54 Å². The third kappa shape index (κ3) is 4.24. The predicted octanol–water partition coefficient (Wildman–Crippen LogP) is 1.72. The van der Waals surface area contributed by atoms with Gasteiger partial charge in [-0.15, -0.1) is 0 Å². The summed E-state index contributed by atoms with van der Waals surface area (Å²) in [5, 5.41) is 11.5. The molecule has 2 N–H and O–H groups in total. The molecule has 1 unspecified atom stereocenters. The van der Waals surface area contributed by atoms with Gasteiger partial charge in [-0.1, -0.05) is 13.0 Å². The van der Waals surface area contributed by atoms with Crippen molar-refractivity contribution in [1.82, 2.24) is 15.2 Å². The lowest BCUT2D eigenvalue weighted by Crippen LogP contribution is -2.41. The minimum Gasteiger partial charge on any atom is -0.477 e. The number of carboxylic acid groups (broad SMARTS) is 1. The van der Waals surface area contributed by atoms with Crippen molar-refractivity contribution in [1.29, 1.82) is 0 Å². The molecular weight excluding hydrogens is 246 g/mol. The van der Waals surface area contributed by atoms with Crippen LogP contribution in [0.4, 0.5) is 4.79 Å². The monoisotopic (exact) mass is 265 g/mol. The molecule has 0 aliphatic heterocycles. The lowest BCUT2D eigenvalue weighted by molar-refractivity contribution is 0.0690. The van der Waals surface area contributed by atoms with Gasteiger partial charge in [0, 0.05) is 25.8 Å². The minimum absolute atomic E-state index is 0.00759. The molecule has 0 spiro atoms. The second-order valence-corrected chi connectivity index (χ2v) is 4.38. The van der Waals surface area contributed by atoms with Gasteiger partial charge in [0.25, 0.3) is 0 Å². The molecule has 19 heavy (non-hydrogen) atoms. The molecule has 0 fully saturated rings. The van der Waals surface area contributed by atoms with E-state index in [1.165, 1.54) is 12.3 Å². The molecule has 1 aromatic heterocycles. The summed E-state index contributed by atoms with van der Waals surface area (Å²) in [4.78, 5) is 27.9. The van der Waals surface area contributed by atoms with E-state index in [0.717, 1.165) is 12.0 Å². The Morgan fingerprint density at radius 3 is 2.63 bits per heavy atom. The van der Waals surface area contributed by atoms with Gasteiger partial charge in [0.1, 0.15) is 5.69 Å². The summed E-state index contributed by atoms with van der Waals surface area (Å²) in [7, 11) is 1.75. The molecule has 6 nitrogen and oxygen atoms in total. The van der Waals surface area contributed by atoms with Crippen LogP contribution in [0.5, 0.6) is 0 Å². The first kappa shape index (κ1) is 14.9. The molecule has 0 radical (unpaired) electrons. The van der Waals surface area contributed by atoms with Crippen molar-refractivity contribution < 1.29 is 14.7 Å². The number of carbonyl (C=O) groups excluding carboxylic acids is 1. The Hall–Kier alpha value is -2.11. The molecular formula is C13H19N3O3. The van der Waals surface area contributed by atoms with E-state index in [-0.39, 0.29) is 17.8 Å². The molecule has 0 aliphatic rings. The Labute approximate surface area is 112 Å². The average Bonchev–Trinajstić information content (AvgIpc) is 2.43. The third-order valence-electron chi connectivity index (χ3n) is 3.06. The first-order valence-electron chi connectivity index (χ1n) is 6.14. The molecule has 0 saturated carbocycles. The molecule has 6 heteroatoms. The van der Waals surface area contributed by atoms with Gasteiger partial charge in [0.2, 0.25) is 0 Å². The number of urea groups is 1. The Bertz CT molecular complexity index is 445. The van der Waals surface area contributed by atoms with Crippen molar-refractivity contribution in [2.45, 2.75) is 32.9 Å². The number of rotatable bonds is 5. The zero-order valence-corrected chi connectivity index (χ0v) is 11.4. The van der Waals surface area contributed by atoms with Crippen LogP contribution in [0.2, 0.25) is 0 Å². The van der Waals surface area contributed by atoms with Crippen LogP contribution in [0.1, 0.15) is 36.3 Å². The van der Waals surface area contributed by atoms with Gasteiger partial charge in [0.15, 0.2) is 0 Å². The Balaban J connectivity index is 2.52. The van der Waals surface area contributed by atoms with Crippen LogP contribution < -0.4 is 5.32 Å². The summed E-state index contributed by atoms with van der Waals surface area (Å²) < 4.78 is 0. The number of carboxylic acids is 1. The number of nitrogens with one attached hydrogen (secondary N) is 1. The highest BCUT2D eigenvalue weighted by Crippen LogP contribution is 2.03. The zero-order valence-electron chi connectivity index (χ0n) is 11.4. The fourth-order valence-electron chi connectivity index (χ4n) is 1.43. The van der Waals surface area contributed by atoms with Crippen LogP contribution in [0, 0.1) is 0 Å². The van der Waals surface area contributed by atoms with E-state index in [1.54, 1.807) is 18.0 Å². The van der Waals surface area contributed by atoms with E-state index in [4.69, 9.17) is 5.11 Å². The van der Waals surface area contributed by atoms with Crippen molar-refractivity contribution in [3.05, 3.63) is 29.6 Å². The van der Waals surface area contributed by atoms with Crippen LogP contribution in [0.15, 0.2) is 18.3 Å². The van der Waals surface area contributed by atoms with Gasteiger partial charge < -0.3 is 15.3 Å². The number of aromatic carboxylic acids is 1. The van der Waals surface area contributed by atoms with E-state index < -0.39 is 5.97 Å². The van der Waals surface area contributed by atoms with Crippen molar-refractivity contribution in [2.75, 3.05) is 7.05 Å². The lowest BCUT2D eigenvalue weighted by Gasteiger charge is -2.24. The highest BCUT2D eigenvalue weighted by Gasteiger charge is 2.13. The number of pyridine rings is 1. The van der Waals surface area contributed by atoms with Gasteiger partial charge in [-0.3, -0.25) is 0 Å². The SMILES string of the molecule is CCC(C)N(C)C(=O)NCc1ccc(C(=O)O)nc1. The van der Waals surface area contributed by atoms with Crippen molar-refractivity contribution in [2.24, 2.45) is 0 Å². The Morgan fingerprint density at radius 1 is 1.47 bits per heavy atom. The highest BCUT2D eigenvalue weighted by molar-refractivity contribution is 5.85. The molecule has 1 atom stereocenters. The van der Waals surface area contributed by atoms with E-state index in [0.29, 0.717) is 6.54 Å². The molecule has 1 aromatic rings. The molecule has 1 rings (SSSR count). The van der Waals surface area contributed by atoms with Crippen LogP contribution >= 0.6 is 0 Å². The van der Waals surface area contributed by atoms with E-state index in [1.807, 2.05) is 13.8 Å². The van der Waals surface area contributed by atoms with Crippen molar-refractivity contribution in [3.8, 4) is 0 Å². The van der Waals surface area contributed by atoms with E-state index >= 15 is 0 Å². The number of aromatic nitrogens is 1. The second-order valence-electron chi connectivity index (χ2n) is 4.38. The molecule has 0 aliphatic carbocycles. The maximum atomic E-state index is 11.8. The van der Waals surface area contributed by atoms with Gasteiger partial charge in [-0.25, -0.2) is 14.6 Å². The molecule has 104 valence electrons. The normalized spacial score (nSPS) is 11.7. The largest absolute Gasteiger partial charge is 0.477 e. The van der Waals surface area contributed by atoms with E-state index in [2.05, 4.69) is 10.3 Å². The Morgan fingerprint density at radius 2 is 2.16 bits per heavy atom. The topological polar surface area (TPSA) is 82.5 Å². The third-order valence-corrected chi connectivity index (χ3v) is 3.06. The molecule has 1 heterocycles. The number of carbonyl (C=O) groups is 2. The van der Waals surface area contributed by atoms with Crippen LogP contribution in [0.3, 0.4) is 0 Å². The van der Waals surface area contributed by atoms with Crippen molar-refractivity contribution >= 4 is 12.0 Å². The number of nitrogens with zero attached hydrogens (tertiary/aromatic N) is 2. The second kappa shape index (κ2) is 6.72. The van der Waals surface area contributed by atoms with Gasteiger partial charge in [-0.05, 0) is 25.0 Å². The first-order valence-corrected chi connectivity index (χ1v) is 6.14. The summed E-state index contributed by atoms with van der Waals surface area (Å²) in [6.45, 7) is 4.32. The molecule has 0 bridgehead atoms. The fraction of sp³-hybridized carbons (Fsp3) is 0.462. The smallest absolute Gasteiger partial charge is 0.354 e. The Kier molecular flexibility index (Phi) is 5.29. The maximum Gasteiger partial charge on any atom is 0.354 e. The zero-order chi connectivity index (χ0) is 14.4. The molecule has 2 amide bonds. The number of amides is 2. The average molecular weight is 265 g/mol. The first-order chi connectivity index (χ1) is 8.95. The summed E-state index contributed by atoms with van der Waals surface area (Å²) in [6, 6.07) is 3.08. The predicted molar refractivity (Wildman–Crippen MR) is 70.9 cm³/mol. The number of hydrogen-bond acceptors (Lipinski definition) is 3. The van der Waals surface area contributed by atoms with Gasteiger partial charge >= 0.3 is 12.0 Å². The minimum atomic E-state index is -1.06. The van der Waals surface area contributed by atoms with E-state index in [9.17, 15) is 9.59 Å². The fourth-order valence-corrected chi connectivity index (χ4v) is 1.43. The lowest BCUT2D eigenvalue weighted by atomic mass is 10.2. The summed E-state index contributed by atoms with van der Waals surface area (Å²) in [5.74, 6) is -1.06. The summed E-state index contributed by atoms with van der Waals surface area (Å²) in [6.07, 6.45) is 2.34. The molecule has 0 saturated heterocycles. The standard InChI is InChI=1S/C13H19N3O3/c1-4-9(2)16(3)13(19)15-8-10-5-6-11(12(17)18)14-7-10/h5-7,9H,4,8H2,1-3H3,(H,15,19)(H,17,18). The van der Waals surface area contributed by atoms with Crippen molar-refractivity contribution in [3.63, 3.8) is 0 Å². The van der Waals surface area contributed by atoms with Crippen LogP contribution in [-0.4, -0.2) is 40.1 Å². The highest BCUT2D eigenvalue weighted by atomic mass is 16.4. The maximum absolute atomic E-state index is 11.8. The number of hydrogen-bond donors (Lipinski definition) is 2.